The maximum Gasteiger partial charge on any atom is 0.337 e. The molecular formula is C15H11Br3O3. The van der Waals surface area contributed by atoms with Crippen LogP contribution < -0.4 is 4.74 Å². The second-order valence-corrected chi connectivity index (χ2v) is 6.80. The highest BCUT2D eigenvalue weighted by molar-refractivity contribution is 9.11. The first-order chi connectivity index (χ1) is 10.0. The molecule has 0 aliphatic heterocycles. The minimum absolute atomic E-state index is 0.346. The van der Waals surface area contributed by atoms with Crippen LogP contribution in [0.3, 0.4) is 0 Å². The predicted molar refractivity (Wildman–Crippen MR) is 91.7 cm³/mol. The fourth-order valence-corrected chi connectivity index (χ4v) is 4.16. The molecule has 2 aromatic carbocycles. The average molecular weight is 479 g/mol. The molecule has 0 heterocycles. The van der Waals surface area contributed by atoms with Gasteiger partial charge < -0.3 is 9.47 Å². The summed E-state index contributed by atoms with van der Waals surface area (Å²) in [4.78, 5) is 11.4. The Balaban J connectivity index is 2.08. The normalized spacial score (nSPS) is 10.3. The van der Waals surface area contributed by atoms with E-state index in [1.54, 1.807) is 12.1 Å². The van der Waals surface area contributed by atoms with Crippen molar-refractivity contribution in [1.29, 1.82) is 0 Å². The lowest BCUT2D eigenvalue weighted by atomic mass is 10.1. The third kappa shape index (κ3) is 4.31. The average Bonchev–Trinajstić information content (AvgIpc) is 2.46. The van der Waals surface area contributed by atoms with Gasteiger partial charge in [-0.2, -0.15) is 0 Å². The van der Waals surface area contributed by atoms with E-state index in [0.717, 1.165) is 24.7 Å². The predicted octanol–water partition coefficient (Wildman–Crippen LogP) is 5.34. The monoisotopic (exact) mass is 476 g/mol. The summed E-state index contributed by atoms with van der Waals surface area (Å²) in [5.74, 6) is 0.385. The van der Waals surface area contributed by atoms with E-state index in [-0.39, 0.29) is 5.97 Å². The lowest BCUT2D eigenvalue weighted by Gasteiger charge is -2.11. The molecule has 0 aliphatic rings. The topological polar surface area (TPSA) is 35.5 Å². The fraction of sp³-hybridized carbons (Fsp3) is 0.133. The van der Waals surface area contributed by atoms with E-state index in [2.05, 4.69) is 52.5 Å². The van der Waals surface area contributed by atoms with Gasteiger partial charge in [0.2, 0.25) is 0 Å². The molecule has 0 spiro atoms. The molecule has 0 amide bonds. The number of carbonyl (C=O) groups excluding carboxylic acids is 1. The Morgan fingerprint density at radius 2 is 1.62 bits per heavy atom. The van der Waals surface area contributed by atoms with Gasteiger partial charge >= 0.3 is 5.97 Å². The van der Waals surface area contributed by atoms with Crippen LogP contribution in [0.15, 0.2) is 49.8 Å². The Morgan fingerprint density at radius 1 is 1.05 bits per heavy atom. The SMILES string of the molecule is COC(=O)c1ccc(COc2c(Br)cc(Br)cc2Br)cc1. The third-order valence-corrected chi connectivity index (χ3v) is 4.36. The number of hydrogen-bond donors (Lipinski definition) is 0. The number of rotatable bonds is 4. The van der Waals surface area contributed by atoms with Crippen LogP contribution >= 0.6 is 47.8 Å². The number of esters is 1. The van der Waals surface area contributed by atoms with Gasteiger partial charge in [-0.05, 0) is 61.7 Å². The van der Waals surface area contributed by atoms with E-state index in [4.69, 9.17) is 4.74 Å². The molecule has 3 nitrogen and oxygen atoms in total. The maximum absolute atomic E-state index is 11.4. The first-order valence-corrected chi connectivity index (χ1v) is 8.33. The van der Waals surface area contributed by atoms with Crippen molar-refractivity contribution < 1.29 is 14.3 Å². The third-order valence-electron chi connectivity index (χ3n) is 2.72. The molecule has 0 saturated carbocycles. The first kappa shape index (κ1) is 16.5. The summed E-state index contributed by atoms with van der Waals surface area (Å²) in [6, 6.07) is 11.0. The molecule has 21 heavy (non-hydrogen) atoms. The minimum atomic E-state index is -0.346. The largest absolute Gasteiger partial charge is 0.487 e. The standard InChI is InChI=1S/C15H11Br3O3/c1-20-15(19)10-4-2-9(3-5-10)8-21-14-12(17)6-11(16)7-13(14)18/h2-7H,8H2,1H3. The van der Waals surface area contributed by atoms with E-state index >= 15 is 0 Å². The summed E-state index contributed by atoms with van der Waals surface area (Å²) in [6.45, 7) is 0.403. The van der Waals surface area contributed by atoms with Crippen molar-refractivity contribution >= 4 is 53.8 Å². The number of benzene rings is 2. The zero-order valence-electron chi connectivity index (χ0n) is 11.0. The van der Waals surface area contributed by atoms with Crippen LogP contribution in [0.2, 0.25) is 0 Å². The van der Waals surface area contributed by atoms with Crippen LogP contribution in [0.5, 0.6) is 5.75 Å². The van der Waals surface area contributed by atoms with Gasteiger partial charge in [-0.1, -0.05) is 28.1 Å². The van der Waals surface area contributed by atoms with Crippen molar-refractivity contribution in [3.63, 3.8) is 0 Å². The molecule has 0 radical (unpaired) electrons. The number of ether oxygens (including phenoxy) is 2. The Hall–Kier alpha value is -0.850. The molecule has 2 rings (SSSR count). The number of halogens is 3. The van der Waals surface area contributed by atoms with Gasteiger partial charge in [0.25, 0.3) is 0 Å². The van der Waals surface area contributed by atoms with E-state index in [9.17, 15) is 4.79 Å². The van der Waals surface area contributed by atoms with Crippen LogP contribution in [0, 0.1) is 0 Å². The van der Waals surface area contributed by atoms with Crippen LogP contribution in [-0.4, -0.2) is 13.1 Å². The first-order valence-electron chi connectivity index (χ1n) is 5.96. The summed E-state index contributed by atoms with van der Waals surface area (Å²) < 4.78 is 13.1. The molecule has 0 aliphatic carbocycles. The van der Waals surface area contributed by atoms with Crippen LogP contribution in [0.1, 0.15) is 15.9 Å². The van der Waals surface area contributed by atoms with Crippen LogP contribution in [0.25, 0.3) is 0 Å². The van der Waals surface area contributed by atoms with Gasteiger partial charge in [-0.15, -0.1) is 0 Å². The Kier molecular flexibility index (Phi) is 5.84. The van der Waals surface area contributed by atoms with Gasteiger partial charge in [0, 0.05) is 4.47 Å². The van der Waals surface area contributed by atoms with Crippen LogP contribution in [0.4, 0.5) is 0 Å². The molecule has 110 valence electrons. The Morgan fingerprint density at radius 3 is 2.14 bits per heavy atom. The molecular weight excluding hydrogens is 468 g/mol. The Labute approximate surface area is 148 Å². The van der Waals surface area contributed by atoms with Gasteiger partial charge in [0.05, 0.1) is 21.6 Å². The molecule has 6 heteroatoms. The van der Waals surface area contributed by atoms with E-state index < -0.39 is 0 Å². The van der Waals surface area contributed by atoms with Crippen molar-refractivity contribution in [2.75, 3.05) is 7.11 Å². The fourth-order valence-electron chi connectivity index (χ4n) is 1.68. The van der Waals surface area contributed by atoms with Crippen molar-refractivity contribution in [3.8, 4) is 5.75 Å². The van der Waals surface area contributed by atoms with Crippen molar-refractivity contribution in [2.45, 2.75) is 6.61 Å². The number of hydrogen-bond acceptors (Lipinski definition) is 3. The van der Waals surface area contributed by atoms with Crippen molar-refractivity contribution in [3.05, 3.63) is 60.9 Å². The second kappa shape index (κ2) is 7.42. The number of methoxy groups -OCH3 is 1. The molecule has 0 saturated heterocycles. The van der Waals surface area contributed by atoms with Gasteiger partial charge in [-0.3, -0.25) is 0 Å². The molecule has 0 atom stereocenters. The van der Waals surface area contributed by atoms with E-state index in [1.165, 1.54) is 7.11 Å². The molecule has 0 unspecified atom stereocenters. The molecule has 2 aromatic rings. The minimum Gasteiger partial charge on any atom is -0.487 e. The molecule has 0 aromatic heterocycles. The lowest BCUT2D eigenvalue weighted by molar-refractivity contribution is 0.0600. The zero-order valence-corrected chi connectivity index (χ0v) is 15.8. The smallest absolute Gasteiger partial charge is 0.337 e. The summed E-state index contributed by atoms with van der Waals surface area (Å²) >= 11 is 10.3. The summed E-state index contributed by atoms with van der Waals surface area (Å²) in [5, 5.41) is 0. The summed E-state index contributed by atoms with van der Waals surface area (Å²) in [5.41, 5.74) is 1.48. The van der Waals surface area contributed by atoms with Gasteiger partial charge in [-0.25, -0.2) is 4.79 Å². The molecule has 0 fully saturated rings. The highest BCUT2D eigenvalue weighted by Gasteiger charge is 2.09. The highest BCUT2D eigenvalue weighted by atomic mass is 79.9. The number of carbonyl (C=O) groups is 1. The maximum atomic E-state index is 11.4. The summed E-state index contributed by atoms with van der Waals surface area (Å²) in [7, 11) is 1.36. The van der Waals surface area contributed by atoms with Crippen LogP contribution in [-0.2, 0) is 11.3 Å². The molecule has 0 N–H and O–H groups in total. The second-order valence-electron chi connectivity index (χ2n) is 4.18. The van der Waals surface area contributed by atoms with Gasteiger partial charge in [0.1, 0.15) is 12.4 Å². The molecule has 0 bridgehead atoms. The van der Waals surface area contributed by atoms with E-state index in [0.29, 0.717) is 12.2 Å². The highest BCUT2D eigenvalue weighted by Crippen LogP contribution is 2.36. The zero-order chi connectivity index (χ0) is 15.4. The van der Waals surface area contributed by atoms with Crippen molar-refractivity contribution in [2.24, 2.45) is 0 Å². The van der Waals surface area contributed by atoms with Gasteiger partial charge in [0.15, 0.2) is 0 Å². The summed E-state index contributed by atoms with van der Waals surface area (Å²) in [6.07, 6.45) is 0. The lowest BCUT2D eigenvalue weighted by Crippen LogP contribution is -2.02. The van der Waals surface area contributed by atoms with Crippen molar-refractivity contribution in [1.82, 2.24) is 0 Å². The quantitative estimate of drug-likeness (QED) is 0.556. The Bertz CT molecular complexity index is 631. The van der Waals surface area contributed by atoms with E-state index in [1.807, 2.05) is 24.3 Å².